The smallest absolute Gasteiger partial charge is 0.253 e. The number of benzene rings is 1. The van der Waals surface area contributed by atoms with Crippen molar-refractivity contribution in [3.05, 3.63) is 47.0 Å². The fraction of sp³-hybridized carbons (Fsp3) is 0.524. The van der Waals surface area contributed by atoms with Gasteiger partial charge in [0.1, 0.15) is 0 Å². The van der Waals surface area contributed by atoms with Crippen LogP contribution in [-0.2, 0) is 6.42 Å². The SMILES string of the molecule is CN=C(NCCC1=CCCCC1)NCCc1cccc(C(=O)N(C)C)c1. The predicted molar refractivity (Wildman–Crippen MR) is 109 cm³/mol. The van der Waals surface area contributed by atoms with Gasteiger partial charge in [0.2, 0.25) is 0 Å². The number of guanidine groups is 1. The molecule has 0 bridgehead atoms. The number of hydrogen-bond acceptors (Lipinski definition) is 2. The number of amides is 1. The minimum absolute atomic E-state index is 0.0364. The fourth-order valence-electron chi connectivity index (χ4n) is 3.14. The molecule has 0 aliphatic heterocycles. The van der Waals surface area contributed by atoms with Crippen LogP contribution in [0.5, 0.6) is 0 Å². The molecule has 0 unspecified atom stereocenters. The molecule has 0 atom stereocenters. The minimum Gasteiger partial charge on any atom is -0.356 e. The summed E-state index contributed by atoms with van der Waals surface area (Å²) in [5.41, 5.74) is 3.45. The van der Waals surface area contributed by atoms with Crippen LogP contribution in [0.3, 0.4) is 0 Å². The second-order valence-electron chi connectivity index (χ2n) is 6.93. The van der Waals surface area contributed by atoms with Crippen molar-refractivity contribution in [3.63, 3.8) is 0 Å². The molecule has 2 N–H and O–H groups in total. The van der Waals surface area contributed by atoms with Crippen LogP contribution >= 0.6 is 0 Å². The second kappa shape index (κ2) is 10.6. The van der Waals surface area contributed by atoms with E-state index in [1.54, 1.807) is 31.6 Å². The average Bonchev–Trinajstić information content (AvgIpc) is 2.67. The molecular weight excluding hydrogens is 324 g/mol. The largest absolute Gasteiger partial charge is 0.356 e. The van der Waals surface area contributed by atoms with E-state index in [1.807, 2.05) is 18.2 Å². The molecule has 26 heavy (non-hydrogen) atoms. The van der Waals surface area contributed by atoms with Crippen molar-refractivity contribution in [3.8, 4) is 0 Å². The van der Waals surface area contributed by atoms with Gasteiger partial charge in [0.05, 0.1) is 0 Å². The van der Waals surface area contributed by atoms with E-state index in [1.165, 1.54) is 25.7 Å². The highest BCUT2D eigenvalue weighted by Crippen LogP contribution is 2.19. The van der Waals surface area contributed by atoms with Crippen LogP contribution in [0, 0.1) is 0 Å². The van der Waals surface area contributed by atoms with Gasteiger partial charge < -0.3 is 15.5 Å². The molecule has 0 aromatic heterocycles. The number of nitrogens with one attached hydrogen (secondary N) is 2. The van der Waals surface area contributed by atoms with E-state index in [-0.39, 0.29) is 5.91 Å². The summed E-state index contributed by atoms with van der Waals surface area (Å²) >= 11 is 0. The molecule has 1 aromatic rings. The molecule has 0 radical (unpaired) electrons. The summed E-state index contributed by atoms with van der Waals surface area (Å²) in [7, 11) is 5.34. The number of rotatable bonds is 7. The molecule has 2 rings (SSSR count). The Hall–Kier alpha value is -2.30. The van der Waals surface area contributed by atoms with E-state index >= 15 is 0 Å². The summed E-state index contributed by atoms with van der Waals surface area (Å²) in [5, 5.41) is 6.74. The number of aliphatic imine (C=N–C) groups is 1. The fourth-order valence-corrected chi connectivity index (χ4v) is 3.14. The molecule has 1 aromatic carbocycles. The van der Waals surface area contributed by atoms with Gasteiger partial charge in [-0.1, -0.05) is 23.8 Å². The van der Waals surface area contributed by atoms with Crippen molar-refractivity contribution in [2.75, 3.05) is 34.2 Å². The van der Waals surface area contributed by atoms with Crippen LogP contribution in [0.25, 0.3) is 0 Å². The Balaban J connectivity index is 1.74. The zero-order chi connectivity index (χ0) is 18.8. The van der Waals surface area contributed by atoms with Crippen LogP contribution in [0.1, 0.15) is 48.0 Å². The summed E-state index contributed by atoms with van der Waals surface area (Å²) < 4.78 is 0. The first-order chi connectivity index (χ1) is 12.6. The standard InChI is InChI=1S/C21H32N4O/c1-22-21(23-14-12-17-8-5-4-6-9-17)24-15-13-18-10-7-11-19(16-18)20(26)25(2)3/h7-8,10-11,16H,4-6,9,12-15H2,1-3H3,(H2,22,23,24). The lowest BCUT2D eigenvalue weighted by Gasteiger charge is -2.15. The monoisotopic (exact) mass is 356 g/mol. The van der Waals surface area contributed by atoms with Crippen LogP contribution < -0.4 is 10.6 Å². The van der Waals surface area contributed by atoms with Crippen molar-refractivity contribution in [2.24, 2.45) is 4.99 Å². The molecular formula is C21H32N4O. The van der Waals surface area contributed by atoms with E-state index in [0.29, 0.717) is 0 Å². The quantitative estimate of drug-likeness (QED) is 0.449. The molecule has 1 amide bonds. The van der Waals surface area contributed by atoms with E-state index in [4.69, 9.17) is 0 Å². The third-order valence-corrected chi connectivity index (χ3v) is 4.63. The van der Waals surface area contributed by atoms with Gasteiger partial charge >= 0.3 is 0 Å². The van der Waals surface area contributed by atoms with Crippen molar-refractivity contribution >= 4 is 11.9 Å². The number of carbonyl (C=O) groups excluding carboxylic acids is 1. The van der Waals surface area contributed by atoms with Crippen molar-refractivity contribution in [1.82, 2.24) is 15.5 Å². The van der Waals surface area contributed by atoms with Gasteiger partial charge in [-0.05, 0) is 56.2 Å². The van der Waals surface area contributed by atoms with E-state index < -0.39 is 0 Å². The van der Waals surface area contributed by atoms with Crippen LogP contribution in [-0.4, -0.2) is 51.0 Å². The lowest BCUT2D eigenvalue weighted by atomic mass is 9.97. The van der Waals surface area contributed by atoms with Gasteiger partial charge in [-0.2, -0.15) is 0 Å². The Labute approximate surface area is 157 Å². The van der Waals surface area contributed by atoms with E-state index in [9.17, 15) is 4.79 Å². The maximum absolute atomic E-state index is 12.1. The predicted octanol–water partition coefficient (Wildman–Crippen LogP) is 2.99. The molecule has 1 aliphatic carbocycles. The van der Waals surface area contributed by atoms with Gasteiger partial charge in [-0.25, -0.2) is 0 Å². The summed E-state index contributed by atoms with van der Waals surface area (Å²) in [4.78, 5) is 17.9. The van der Waals surface area contributed by atoms with Gasteiger partial charge in [0, 0.05) is 39.8 Å². The van der Waals surface area contributed by atoms with Crippen LogP contribution in [0.2, 0.25) is 0 Å². The second-order valence-corrected chi connectivity index (χ2v) is 6.93. The average molecular weight is 357 g/mol. The van der Waals surface area contributed by atoms with Gasteiger partial charge in [-0.3, -0.25) is 9.79 Å². The Kier molecular flexibility index (Phi) is 8.19. The van der Waals surface area contributed by atoms with Crippen molar-refractivity contribution in [2.45, 2.75) is 38.5 Å². The van der Waals surface area contributed by atoms with E-state index in [0.717, 1.165) is 43.0 Å². The molecule has 0 saturated heterocycles. The summed E-state index contributed by atoms with van der Waals surface area (Å²) in [6, 6.07) is 7.83. The first-order valence-corrected chi connectivity index (χ1v) is 9.53. The summed E-state index contributed by atoms with van der Waals surface area (Å²) in [5.74, 6) is 0.872. The lowest BCUT2D eigenvalue weighted by molar-refractivity contribution is 0.0827. The summed E-state index contributed by atoms with van der Waals surface area (Å²) in [6.45, 7) is 1.69. The number of carbonyl (C=O) groups is 1. The van der Waals surface area contributed by atoms with Crippen molar-refractivity contribution < 1.29 is 4.79 Å². The highest BCUT2D eigenvalue weighted by molar-refractivity contribution is 5.94. The highest BCUT2D eigenvalue weighted by Gasteiger charge is 2.08. The van der Waals surface area contributed by atoms with Crippen LogP contribution in [0.15, 0.2) is 40.9 Å². The Morgan fingerprint density at radius 1 is 1.15 bits per heavy atom. The van der Waals surface area contributed by atoms with Crippen molar-refractivity contribution in [1.29, 1.82) is 0 Å². The number of allylic oxidation sites excluding steroid dienone is 1. The highest BCUT2D eigenvalue weighted by atomic mass is 16.2. The maximum atomic E-state index is 12.1. The van der Waals surface area contributed by atoms with E-state index in [2.05, 4.69) is 27.8 Å². The minimum atomic E-state index is 0.0364. The molecule has 1 aliphatic rings. The first-order valence-electron chi connectivity index (χ1n) is 9.53. The molecule has 142 valence electrons. The third-order valence-electron chi connectivity index (χ3n) is 4.63. The molecule has 0 heterocycles. The molecule has 5 nitrogen and oxygen atoms in total. The Morgan fingerprint density at radius 2 is 1.92 bits per heavy atom. The zero-order valence-corrected chi connectivity index (χ0v) is 16.3. The number of hydrogen-bond donors (Lipinski definition) is 2. The Bertz CT molecular complexity index is 649. The maximum Gasteiger partial charge on any atom is 0.253 e. The first kappa shape index (κ1) is 20.0. The lowest BCUT2D eigenvalue weighted by Crippen LogP contribution is -2.38. The molecule has 5 heteroatoms. The normalized spacial score (nSPS) is 14.6. The van der Waals surface area contributed by atoms with Gasteiger partial charge in [0.15, 0.2) is 5.96 Å². The van der Waals surface area contributed by atoms with Gasteiger partial charge in [0.25, 0.3) is 5.91 Å². The van der Waals surface area contributed by atoms with Crippen LogP contribution in [0.4, 0.5) is 0 Å². The third kappa shape index (κ3) is 6.54. The van der Waals surface area contributed by atoms with Gasteiger partial charge in [-0.15, -0.1) is 0 Å². The molecule has 0 saturated carbocycles. The Morgan fingerprint density at radius 3 is 2.58 bits per heavy atom. The molecule has 0 spiro atoms. The molecule has 0 fully saturated rings. The topological polar surface area (TPSA) is 56.7 Å². The zero-order valence-electron chi connectivity index (χ0n) is 16.3. The number of nitrogens with zero attached hydrogens (tertiary/aromatic N) is 2. The summed E-state index contributed by atoms with van der Waals surface area (Å²) in [6.07, 6.45) is 9.47.